The Hall–Kier alpha value is -1.65. The van der Waals surface area contributed by atoms with Gasteiger partial charge in [0.1, 0.15) is 10.7 Å². The third-order valence-corrected chi connectivity index (χ3v) is 3.36. The van der Waals surface area contributed by atoms with Gasteiger partial charge in [-0.3, -0.25) is 4.98 Å². The van der Waals surface area contributed by atoms with E-state index in [0.717, 1.165) is 18.4 Å². The summed E-state index contributed by atoms with van der Waals surface area (Å²) in [6.07, 6.45) is 5.45. The highest BCUT2D eigenvalue weighted by molar-refractivity contribution is 7.80. The first-order valence-corrected chi connectivity index (χ1v) is 7.06. The fourth-order valence-electron chi connectivity index (χ4n) is 1.78. The number of thiocarbonyl (C=S) groups is 1. The van der Waals surface area contributed by atoms with Gasteiger partial charge in [-0.25, -0.2) is 0 Å². The van der Waals surface area contributed by atoms with E-state index in [2.05, 4.69) is 4.98 Å². The number of hydrogen-bond donors (Lipinski definition) is 1. The van der Waals surface area contributed by atoms with Crippen molar-refractivity contribution in [3.8, 4) is 5.75 Å². The van der Waals surface area contributed by atoms with Crippen molar-refractivity contribution in [2.24, 2.45) is 5.73 Å². The van der Waals surface area contributed by atoms with E-state index < -0.39 is 0 Å². The Morgan fingerprint density at radius 3 is 2.65 bits per heavy atom. The first kappa shape index (κ1) is 14.8. The molecule has 0 saturated heterocycles. The molecule has 2 aromatic rings. The minimum Gasteiger partial charge on any atom is -0.492 e. The van der Waals surface area contributed by atoms with Gasteiger partial charge < -0.3 is 10.5 Å². The topological polar surface area (TPSA) is 48.1 Å². The van der Waals surface area contributed by atoms with Crippen LogP contribution in [0.15, 0.2) is 42.7 Å². The van der Waals surface area contributed by atoms with Crippen molar-refractivity contribution in [3.05, 3.63) is 58.9 Å². The SMILES string of the molecule is NC(=S)c1ccc(OCCCc2ccncc2)c(Cl)c1. The van der Waals surface area contributed by atoms with Gasteiger partial charge in [-0.1, -0.05) is 23.8 Å². The molecule has 0 spiro atoms. The summed E-state index contributed by atoms with van der Waals surface area (Å²) < 4.78 is 5.66. The average molecular weight is 307 g/mol. The zero-order valence-electron chi connectivity index (χ0n) is 10.9. The predicted octanol–water partition coefficient (Wildman–Crippen LogP) is 3.38. The van der Waals surface area contributed by atoms with Crippen molar-refractivity contribution < 1.29 is 4.74 Å². The van der Waals surface area contributed by atoms with Crippen LogP contribution in [0.5, 0.6) is 5.75 Å². The quantitative estimate of drug-likeness (QED) is 0.656. The van der Waals surface area contributed by atoms with E-state index in [1.165, 1.54) is 5.56 Å². The normalized spacial score (nSPS) is 10.2. The maximum atomic E-state index is 6.12. The molecule has 0 unspecified atom stereocenters. The highest BCUT2D eigenvalue weighted by atomic mass is 35.5. The van der Waals surface area contributed by atoms with Crippen LogP contribution in [0.25, 0.3) is 0 Å². The number of pyridine rings is 1. The molecule has 5 heteroatoms. The molecule has 2 rings (SSSR count). The Morgan fingerprint density at radius 2 is 2.00 bits per heavy atom. The first-order chi connectivity index (χ1) is 9.66. The van der Waals surface area contributed by atoms with Gasteiger partial charge in [0.05, 0.1) is 11.6 Å². The smallest absolute Gasteiger partial charge is 0.137 e. The maximum absolute atomic E-state index is 6.12. The lowest BCUT2D eigenvalue weighted by Gasteiger charge is -2.09. The largest absolute Gasteiger partial charge is 0.492 e. The molecule has 0 bridgehead atoms. The second kappa shape index (κ2) is 7.22. The molecule has 0 aliphatic heterocycles. The number of nitrogens with zero attached hydrogens (tertiary/aromatic N) is 1. The molecule has 3 nitrogen and oxygen atoms in total. The highest BCUT2D eigenvalue weighted by Gasteiger charge is 2.04. The minimum atomic E-state index is 0.330. The van der Waals surface area contributed by atoms with Crippen molar-refractivity contribution in [1.29, 1.82) is 0 Å². The van der Waals surface area contributed by atoms with Gasteiger partial charge in [-0.15, -0.1) is 0 Å². The zero-order chi connectivity index (χ0) is 14.4. The molecule has 2 N–H and O–H groups in total. The summed E-state index contributed by atoms with van der Waals surface area (Å²) >= 11 is 11.0. The standard InChI is InChI=1S/C15H15ClN2OS/c16-13-10-12(15(17)20)3-4-14(13)19-9-1-2-11-5-7-18-8-6-11/h3-8,10H,1-2,9H2,(H2,17,20). The number of ether oxygens (including phenoxy) is 1. The monoisotopic (exact) mass is 306 g/mol. The van der Waals surface area contributed by atoms with Gasteiger partial charge in [0, 0.05) is 18.0 Å². The summed E-state index contributed by atoms with van der Waals surface area (Å²) in [5.41, 5.74) is 7.54. The third-order valence-electron chi connectivity index (χ3n) is 2.83. The Balaban J connectivity index is 1.84. The van der Waals surface area contributed by atoms with Gasteiger partial charge in [0.2, 0.25) is 0 Å². The van der Waals surface area contributed by atoms with Crippen molar-refractivity contribution in [2.45, 2.75) is 12.8 Å². The first-order valence-electron chi connectivity index (χ1n) is 6.28. The van der Waals surface area contributed by atoms with E-state index in [4.69, 9.17) is 34.3 Å². The van der Waals surface area contributed by atoms with Crippen LogP contribution in [0.1, 0.15) is 17.5 Å². The summed E-state index contributed by atoms with van der Waals surface area (Å²) in [6, 6.07) is 9.34. The average Bonchev–Trinajstić information content (AvgIpc) is 2.46. The van der Waals surface area contributed by atoms with Gasteiger partial charge in [-0.05, 0) is 48.7 Å². The Bertz CT molecular complexity index is 590. The molecular formula is C15H15ClN2OS. The van der Waals surface area contributed by atoms with Crippen molar-refractivity contribution in [2.75, 3.05) is 6.61 Å². The van der Waals surface area contributed by atoms with E-state index in [9.17, 15) is 0 Å². The number of halogens is 1. The fourth-order valence-corrected chi connectivity index (χ4v) is 2.14. The van der Waals surface area contributed by atoms with E-state index in [1.54, 1.807) is 24.5 Å². The van der Waals surface area contributed by atoms with Crippen LogP contribution in [0.2, 0.25) is 5.02 Å². The molecule has 0 fully saturated rings. The van der Waals surface area contributed by atoms with Crippen molar-refractivity contribution in [3.63, 3.8) is 0 Å². The summed E-state index contributed by atoms with van der Waals surface area (Å²) in [5, 5.41) is 0.527. The van der Waals surface area contributed by atoms with Gasteiger partial charge in [0.15, 0.2) is 0 Å². The number of nitrogens with two attached hydrogens (primary N) is 1. The van der Waals surface area contributed by atoms with E-state index in [0.29, 0.717) is 22.4 Å². The van der Waals surface area contributed by atoms with Gasteiger partial charge in [-0.2, -0.15) is 0 Å². The molecule has 0 radical (unpaired) electrons. The number of aromatic nitrogens is 1. The van der Waals surface area contributed by atoms with Crippen molar-refractivity contribution in [1.82, 2.24) is 4.98 Å². The van der Waals surface area contributed by atoms with E-state index in [-0.39, 0.29) is 0 Å². The molecule has 0 aliphatic carbocycles. The van der Waals surface area contributed by atoms with E-state index >= 15 is 0 Å². The molecule has 1 heterocycles. The third kappa shape index (κ3) is 4.18. The number of benzene rings is 1. The minimum absolute atomic E-state index is 0.330. The summed E-state index contributed by atoms with van der Waals surface area (Å²) in [4.78, 5) is 4.32. The van der Waals surface area contributed by atoms with Gasteiger partial charge >= 0.3 is 0 Å². The molecule has 20 heavy (non-hydrogen) atoms. The summed E-state index contributed by atoms with van der Waals surface area (Å²) in [5.74, 6) is 0.654. The number of aryl methyl sites for hydroxylation is 1. The van der Waals surface area contributed by atoms with Crippen LogP contribution in [-0.2, 0) is 6.42 Å². The second-order valence-electron chi connectivity index (χ2n) is 4.32. The lowest BCUT2D eigenvalue weighted by atomic mass is 10.1. The fraction of sp³-hybridized carbons (Fsp3) is 0.200. The summed E-state index contributed by atoms with van der Waals surface area (Å²) in [6.45, 7) is 0.606. The summed E-state index contributed by atoms with van der Waals surface area (Å²) in [7, 11) is 0. The molecule has 0 amide bonds. The Labute approximate surface area is 128 Å². The van der Waals surface area contributed by atoms with Crippen LogP contribution in [0.3, 0.4) is 0 Å². The molecule has 1 aromatic carbocycles. The number of hydrogen-bond acceptors (Lipinski definition) is 3. The Morgan fingerprint density at radius 1 is 1.25 bits per heavy atom. The molecular weight excluding hydrogens is 292 g/mol. The highest BCUT2D eigenvalue weighted by Crippen LogP contribution is 2.25. The molecule has 0 aliphatic rings. The Kier molecular flexibility index (Phi) is 5.32. The zero-order valence-corrected chi connectivity index (χ0v) is 12.5. The van der Waals surface area contributed by atoms with Crippen LogP contribution in [0, 0.1) is 0 Å². The van der Waals surface area contributed by atoms with Crippen LogP contribution in [0.4, 0.5) is 0 Å². The molecule has 1 aromatic heterocycles. The molecule has 0 saturated carbocycles. The molecule has 0 atom stereocenters. The molecule has 104 valence electrons. The lowest BCUT2D eigenvalue weighted by molar-refractivity contribution is 0.311. The maximum Gasteiger partial charge on any atom is 0.137 e. The van der Waals surface area contributed by atoms with E-state index in [1.807, 2.05) is 18.2 Å². The number of rotatable bonds is 6. The second-order valence-corrected chi connectivity index (χ2v) is 5.16. The van der Waals surface area contributed by atoms with Crippen molar-refractivity contribution >= 4 is 28.8 Å². The van der Waals surface area contributed by atoms with Crippen LogP contribution < -0.4 is 10.5 Å². The van der Waals surface area contributed by atoms with Crippen LogP contribution in [-0.4, -0.2) is 16.6 Å². The van der Waals surface area contributed by atoms with Crippen LogP contribution >= 0.6 is 23.8 Å². The lowest BCUT2D eigenvalue weighted by Crippen LogP contribution is -2.09. The predicted molar refractivity (Wildman–Crippen MR) is 85.4 cm³/mol. The van der Waals surface area contributed by atoms with Gasteiger partial charge in [0.25, 0.3) is 0 Å².